The number of benzene rings is 2. The summed E-state index contributed by atoms with van der Waals surface area (Å²) in [5.41, 5.74) is 1.89. The van der Waals surface area contributed by atoms with Gasteiger partial charge in [0.15, 0.2) is 0 Å². The lowest BCUT2D eigenvalue weighted by atomic mass is 10.2. The Morgan fingerprint density at radius 3 is 2.54 bits per heavy atom. The van der Waals surface area contributed by atoms with E-state index in [-0.39, 0.29) is 5.82 Å². The molecular weight excluding hydrogens is 393 g/mol. The minimum Gasteiger partial charge on any atom is -0.488 e. The highest BCUT2D eigenvalue weighted by atomic mass is 79.9. The molecule has 1 saturated heterocycles. The number of hydrogen-bond donors (Lipinski definition) is 0. The number of nitrogens with zero attached hydrogens (tertiary/aromatic N) is 1. The normalized spacial score (nSPS) is 14.5. The van der Waals surface area contributed by atoms with Crippen LogP contribution in [-0.4, -0.2) is 36.2 Å². The Morgan fingerprint density at radius 2 is 1.88 bits per heavy atom. The molecule has 1 aliphatic rings. The monoisotopic (exact) mass is 409 g/mol. The van der Waals surface area contributed by atoms with Crippen LogP contribution in [0.25, 0.3) is 0 Å². The molecule has 0 radical (unpaired) electrons. The molecule has 2 aromatic carbocycles. The zero-order valence-corrected chi connectivity index (χ0v) is 15.4. The van der Waals surface area contributed by atoms with Crippen LogP contribution in [0.15, 0.2) is 46.9 Å². The number of morpholine rings is 1. The van der Waals surface area contributed by atoms with Crippen molar-refractivity contribution >= 4 is 33.1 Å². The second-order valence-electron chi connectivity index (χ2n) is 5.46. The summed E-state index contributed by atoms with van der Waals surface area (Å²) in [5.74, 6) is 0.480. The molecule has 3 rings (SSSR count). The standard InChI is InChI=1S/C18H17BrFNO2S/c19-16-11-14(18(24)21-7-9-22-10-8-21)3-6-17(16)23-12-13-1-4-15(20)5-2-13/h1-6,11H,7-10,12H2. The molecule has 126 valence electrons. The largest absolute Gasteiger partial charge is 0.488 e. The molecule has 1 heterocycles. The van der Waals surface area contributed by atoms with Crippen molar-refractivity contribution in [2.75, 3.05) is 26.3 Å². The maximum absolute atomic E-state index is 12.9. The Kier molecular flexibility index (Phi) is 5.81. The summed E-state index contributed by atoms with van der Waals surface area (Å²) in [6.45, 7) is 3.44. The van der Waals surface area contributed by atoms with Crippen molar-refractivity contribution in [3.05, 3.63) is 63.9 Å². The average molecular weight is 410 g/mol. The van der Waals surface area contributed by atoms with Gasteiger partial charge in [-0.2, -0.15) is 0 Å². The van der Waals surface area contributed by atoms with Crippen molar-refractivity contribution in [2.45, 2.75) is 6.61 Å². The summed E-state index contributed by atoms with van der Waals surface area (Å²) in [6.07, 6.45) is 0. The van der Waals surface area contributed by atoms with Crippen molar-refractivity contribution in [1.29, 1.82) is 0 Å². The predicted molar refractivity (Wildman–Crippen MR) is 99.0 cm³/mol. The fourth-order valence-corrected chi connectivity index (χ4v) is 3.24. The summed E-state index contributed by atoms with van der Waals surface area (Å²) in [4.78, 5) is 2.98. The van der Waals surface area contributed by atoms with Gasteiger partial charge >= 0.3 is 0 Å². The van der Waals surface area contributed by atoms with Gasteiger partial charge in [0.25, 0.3) is 0 Å². The lowest BCUT2D eigenvalue weighted by Gasteiger charge is -2.29. The first-order valence-electron chi connectivity index (χ1n) is 7.67. The van der Waals surface area contributed by atoms with E-state index in [0.29, 0.717) is 19.8 Å². The lowest BCUT2D eigenvalue weighted by molar-refractivity contribution is 0.0693. The van der Waals surface area contributed by atoms with Crippen LogP contribution in [0.2, 0.25) is 0 Å². The Balaban J connectivity index is 1.65. The van der Waals surface area contributed by atoms with Crippen molar-refractivity contribution in [3.8, 4) is 5.75 Å². The van der Waals surface area contributed by atoms with E-state index < -0.39 is 0 Å². The molecule has 0 N–H and O–H groups in total. The van der Waals surface area contributed by atoms with Gasteiger partial charge in [-0.1, -0.05) is 24.4 Å². The molecule has 3 nitrogen and oxygen atoms in total. The maximum atomic E-state index is 12.9. The van der Waals surface area contributed by atoms with E-state index >= 15 is 0 Å². The van der Waals surface area contributed by atoms with Crippen LogP contribution in [0.1, 0.15) is 11.1 Å². The zero-order chi connectivity index (χ0) is 16.9. The molecular formula is C18H17BrFNO2S. The van der Waals surface area contributed by atoms with E-state index in [9.17, 15) is 4.39 Å². The molecule has 0 amide bonds. The summed E-state index contributed by atoms with van der Waals surface area (Å²) in [5, 5.41) is 0. The first-order valence-corrected chi connectivity index (χ1v) is 8.87. The Morgan fingerprint density at radius 1 is 1.17 bits per heavy atom. The number of hydrogen-bond acceptors (Lipinski definition) is 3. The molecule has 6 heteroatoms. The molecule has 0 unspecified atom stereocenters. The van der Waals surface area contributed by atoms with E-state index in [1.165, 1.54) is 12.1 Å². The van der Waals surface area contributed by atoms with Gasteiger partial charge in [-0.3, -0.25) is 0 Å². The first kappa shape index (κ1) is 17.3. The average Bonchev–Trinajstić information content (AvgIpc) is 2.62. The number of rotatable bonds is 4. The molecule has 0 aliphatic carbocycles. The van der Waals surface area contributed by atoms with Crippen LogP contribution < -0.4 is 4.74 Å². The highest BCUT2D eigenvalue weighted by Gasteiger charge is 2.16. The third-order valence-corrected chi connectivity index (χ3v) is 4.90. The molecule has 1 fully saturated rings. The molecule has 2 aromatic rings. The highest BCUT2D eigenvalue weighted by Crippen LogP contribution is 2.27. The fourth-order valence-electron chi connectivity index (χ4n) is 2.44. The van der Waals surface area contributed by atoms with Gasteiger partial charge in [-0.05, 0) is 51.8 Å². The third-order valence-electron chi connectivity index (χ3n) is 3.78. The lowest BCUT2D eigenvalue weighted by Crippen LogP contribution is -2.40. The van der Waals surface area contributed by atoms with E-state index in [4.69, 9.17) is 21.7 Å². The SMILES string of the molecule is Fc1ccc(COc2ccc(C(=S)N3CCOCC3)cc2Br)cc1. The molecule has 0 atom stereocenters. The fraction of sp³-hybridized carbons (Fsp3) is 0.278. The van der Waals surface area contributed by atoms with E-state index in [1.807, 2.05) is 18.2 Å². The summed E-state index contributed by atoms with van der Waals surface area (Å²) in [7, 11) is 0. The van der Waals surface area contributed by atoms with Gasteiger partial charge in [0, 0.05) is 18.7 Å². The smallest absolute Gasteiger partial charge is 0.134 e. The summed E-state index contributed by atoms with van der Waals surface area (Å²) in [6, 6.07) is 12.1. The van der Waals surface area contributed by atoms with Gasteiger partial charge in [0.1, 0.15) is 23.2 Å². The van der Waals surface area contributed by atoms with Gasteiger partial charge in [-0.25, -0.2) is 4.39 Å². The first-order chi connectivity index (χ1) is 11.6. The quantitative estimate of drug-likeness (QED) is 0.706. The van der Waals surface area contributed by atoms with Crippen molar-refractivity contribution in [3.63, 3.8) is 0 Å². The Bertz CT molecular complexity index is 717. The van der Waals surface area contributed by atoms with Crippen molar-refractivity contribution in [1.82, 2.24) is 4.90 Å². The number of ether oxygens (including phenoxy) is 2. The predicted octanol–water partition coefficient (Wildman–Crippen LogP) is 4.17. The Hall–Kier alpha value is -1.50. The van der Waals surface area contributed by atoms with Crippen LogP contribution in [0.4, 0.5) is 4.39 Å². The second-order valence-corrected chi connectivity index (χ2v) is 6.71. The topological polar surface area (TPSA) is 21.7 Å². The van der Waals surface area contributed by atoms with Crippen LogP contribution in [0.3, 0.4) is 0 Å². The van der Waals surface area contributed by atoms with Crippen molar-refractivity contribution < 1.29 is 13.9 Å². The molecule has 1 aliphatic heterocycles. The Labute approximate surface area is 154 Å². The van der Waals surface area contributed by atoms with E-state index in [0.717, 1.165) is 39.4 Å². The minimum atomic E-state index is -0.249. The van der Waals surface area contributed by atoms with Crippen LogP contribution in [-0.2, 0) is 11.3 Å². The van der Waals surface area contributed by atoms with Gasteiger partial charge in [0.2, 0.25) is 0 Å². The molecule has 24 heavy (non-hydrogen) atoms. The number of thiocarbonyl (C=S) groups is 1. The summed E-state index contributed by atoms with van der Waals surface area (Å²) < 4.78 is 24.9. The highest BCUT2D eigenvalue weighted by molar-refractivity contribution is 9.10. The van der Waals surface area contributed by atoms with Gasteiger partial charge in [0.05, 0.1) is 17.7 Å². The van der Waals surface area contributed by atoms with Crippen LogP contribution >= 0.6 is 28.1 Å². The van der Waals surface area contributed by atoms with Crippen LogP contribution in [0, 0.1) is 5.82 Å². The molecule has 0 saturated carbocycles. The second kappa shape index (κ2) is 8.05. The summed E-state index contributed by atoms with van der Waals surface area (Å²) >= 11 is 9.11. The molecule has 0 bridgehead atoms. The van der Waals surface area contributed by atoms with E-state index in [1.54, 1.807) is 12.1 Å². The third kappa shape index (κ3) is 4.32. The molecule has 0 aromatic heterocycles. The van der Waals surface area contributed by atoms with Gasteiger partial charge in [-0.15, -0.1) is 0 Å². The zero-order valence-electron chi connectivity index (χ0n) is 13.0. The van der Waals surface area contributed by atoms with Crippen molar-refractivity contribution in [2.24, 2.45) is 0 Å². The van der Waals surface area contributed by atoms with E-state index in [2.05, 4.69) is 20.8 Å². The number of halogens is 2. The minimum absolute atomic E-state index is 0.249. The molecule has 0 spiro atoms. The van der Waals surface area contributed by atoms with Crippen LogP contribution in [0.5, 0.6) is 5.75 Å². The van der Waals surface area contributed by atoms with Gasteiger partial charge < -0.3 is 14.4 Å². The maximum Gasteiger partial charge on any atom is 0.134 e.